The number of rotatable bonds is 6. The van der Waals surface area contributed by atoms with Gasteiger partial charge in [0.2, 0.25) is 0 Å². The highest BCUT2D eigenvalue weighted by molar-refractivity contribution is 7.92. The van der Waals surface area contributed by atoms with Crippen molar-refractivity contribution >= 4 is 38.3 Å². The smallest absolute Gasteiger partial charge is 0.265 e. The Balaban J connectivity index is 1.40. The summed E-state index contributed by atoms with van der Waals surface area (Å²) in [4.78, 5) is 25.6. The van der Waals surface area contributed by atoms with Crippen LogP contribution in [-0.4, -0.2) is 67.7 Å². The maximum Gasteiger partial charge on any atom is 0.265 e. The summed E-state index contributed by atoms with van der Waals surface area (Å²) in [6, 6.07) is 12.3. The van der Waals surface area contributed by atoms with Crippen molar-refractivity contribution < 1.29 is 27.4 Å². The Labute approximate surface area is 230 Å². The van der Waals surface area contributed by atoms with E-state index < -0.39 is 21.7 Å². The van der Waals surface area contributed by atoms with Gasteiger partial charge in [-0.05, 0) is 42.0 Å². The van der Waals surface area contributed by atoms with Gasteiger partial charge >= 0.3 is 0 Å². The molecule has 2 aromatic heterocycles. The maximum absolute atomic E-state index is 13.9. The van der Waals surface area contributed by atoms with Gasteiger partial charge in [-0.1, -0.05) is 12.1 Å². The molecule has 6 rings (SSSR count). The number of anilines is 2. The van der Waals surface area contributed by atoms with Crippen molar-refractivity contribution in [3.63, 3.8) is 0 Å². The van der Waals surface area contributed by atoms with Crippen LogP contribution >= 0.6 is 0 Å². The van der Waals surface area contributed by atoms with Crippen LogP contribution in [0.1, 0.15) is 21.5 Å². The molecule has 2 aliphatic heterocycles. The molecule has 10 nitrogen and oxygen atoms in total. The first kappa shape index (κ1) is 26.0. The molecule has 12 heteroatoms. The SMILES string of the molecule is CN(c1c2c(c(O)c3ncccc13)C(=O)N(Cc1ccc(F)cc1)C2)S(=O)(=O)c1ccc(N2CCOCC2)nc1. The van der Waals surface area contributed by atoms with Crippen LogP contribution in [0.2, 0.25) is 0 Å². The average molecular weight is 564 g/mol. The van der Waals surface area contributed by atoms with Gasteiger partial charge in [0.15, 0.2) is 5.75 Å². The zero-order valence-corrected chi connectivity index (χ0v) is 22.4. The molecule has 0 saturated carbocycles. The van der Waals surface area contributed by atoms with E-state index in [1.807, 2.05) is 4.90 Å². The molecule has 2 aliphatic rings. The van der Waals surface area contributed by atoms with Crippen LogP contribution in [0.3, 0.4) is 0 Å². The lowest BCUT2D eigenvalue weighted by Gasteiger charge is -2.28. The summed E-state index contributed by atoms with van der Waals surface area (Å²) in [5.74, 6) is -0.500. The summed E-state index contributed by atoms with van der Waals surface area (Å²) >= 11 is 0. The molecule has 0 unspecified atom stereocenters. The van der Waals surface area contributed by atoms with Crippen LogP contribution in [0.25, 0.3) is 10.9 Å². The number of ether oxygens (including phenoxy) is 1. The topological polar surface area (TPSA) is 116 Å². The number of hydrogen-bond donors (Lipinski definition) is 1. The van der Waals surface area contributed by atoms with Crippen LogP contribution in [0.15, 0.2) is 65.8 Å². The molecular weight excluding hydrogens is 537 g/mol. The Morgan fingerprint density at radius 1 is 1.07 bits per heavy atom. The fourth-order valence-electron chi connectivity index (χ4n) is 5.21. The Bertz CT molecular complexity index is 1710. The van der Waals surface area contributed by atoms with E-state index >= 15 is 0 Å². The van der Waals surface area contributed by atoms with E-state index in [1.165, 1.54) is 42.5 Å². The minimum Gasteiger partial charge on any atom is -0.505 e. The van der Waals surface area contributed by atoms with Gasteiger partial charge in [0.1, 0.15) is 22.0 Å². The Morgan fingerprint density at radius 2 is 1.82 bits per heavy atom. The van der Waals surface area contributed by atoms with Crippen LogP contribution in [0.4, 0.5) is 15.9 Å². The Morgan fingerprint density at radius 3 is 2.52 bits per heavy atom. The molecule has 0 atom stereocenters. The van der Waals surface area contributed by atoms with Crippen molar-refractivity contribution in [3.05, 3.63) is 83.4 Å². The summed E-state index contributed by atoms with van der Waals surface area (Å²) in [6.07, 6.45) is 2.79. The number of nitrogens with zero attached hydrogens (tertiary/aromatic N) is 5. The molecule has 2 aromatic carbocycles. The summed E-state index contributed by atoms with van der Waals surface area (Å²) in [6.45, 7) is 2.69. The van der Waals surface area contributed by atoms with Gasteiger partial charge in [0.05, 0.1) is 24.5 Å². The van der Waals surface area contributed by atoms with Gasteiger partial charge in [-0.3, -0.25) is 14.1 Å². The van der Waals surface area contributed by atoms with Crippen LogP contribution in [-0.2, 0) is 27.8 Å². The Hall–Kier alpha value is -4.29. The monoisotopic (exact) mass is 563 g/mol. The first-order chi connectivity index (χ1) is 19.3. The van der Waals surface area contributed by atoms with Gasteiger partial charge < -0.3 is 19.6 Å². The summed E-state index contributed by atoms with van der Waals surface area (Å²) in [5, 5.41) is 11.5. The number of aromatic hydroxyl groups is 1. The van der Waals surface area contributed by atoms with Crippen molar-refractivity contribution in [1.29, 1.82) is 0 Å². The fraction of sp³-hybridized carbons (Fsp3) is 0.250. The van der Waals surface area contributed by atoms with Gasteiger partial charge in [-0.2, -0.15) is 0 Å². The van der Waals surface area contributed by atoms with Crippen molar-refractivity contribution in [1.82, 2.24) is 14.9 Å². The second-order valence-electron chi connectivity index (χ2n) is 9.66. The summed E-state index contributed by atoms with van der Waals surface area (Å²) in [7, 11) is -2.70. The first-order valence-corrected chi connectivity index (χ1v) is 14.1. The van der Waals surface area contributed by atoms with E-state index in [0.717, 1.165) is 4.31 Å². The lowest BCUT2D eigenvalue weighted by atomic mass is 10.0. The number of sulfonamides is 1. The fourth-order valence-corrected chi connectivity index (χ4v) is 6.40. The third-order valence-electron chi connectivity index (χ3n) is 7.28. The Kier molecular flexibility index (Phi) is 6.51. The molecule has 0 radical (unpaired) electrons. The number of halogens is 1. The van der Waals surface area contributed by atoms with Crippen molar-refractivity contribution in [2.24, 2.45) is 0 Å². The molecule has 206 valence electrons. The van der Waals surface area contributed by atoms with Gasteiger partial charge in [-0.15, -0.1) is 0 Å². The first-order valence-electron chi connectivity index (χ1n) is 12.7. The lowest BCUT2D eigenvalue weighted by molar-refractivity contribution is 0.0764. The number of amides is 1. The van der Waals surface area contributed by atoms with Crippen LogP contribution < -0.4 is 9.21 Å². The number of fused-ring (bicyclic) bond motifs is 2. The number of pyridine rings is 2. The minimum atomic E-state index is -4.12. The quantitative estimate of drug-likeness (QED) is 0.380. The molecule has 0 aliphatic carbocycles. The number of hydrogen-bond acceptors (Lipinski definition) is 8. The number of aromatic nitrogens is 2. The van der Waals surface area contributed by atoms with E-state index in [9.17, 15) is 22.7 Å². The van der Waals surface area contributed by atoms with Crippen LogP contribution in [0, 0.1) is 5.82 Å². The van der Waals surface area contributed by atoms with Crippen molar-refractivity contribution in [2.75, 3.05) is 42.6 Å². The molecule has 1 fully saturated rings. The maximum atomic E-state index is 13.9. The van der Waals surface area contributed by atoms with E-state index in [0.29, 0.717) is 48.6 Å². The zero-order chi connectivity index (χ0) is 28.0. The molecule has 1 saturated heterocycles. The van der Waals surface area contributed by atoms with Gasteiger partial charge in [0, 0.05) is 56.6 Å². The predicted molar refractivity (Wildman–Crippen MR) is 146 cm³/mol. The number of carbonyl (C=O) groups excluding carboxylic acids is 1. The van der Waals surface area contributed by atoms with Gasteiger partial charge in [-0.25, -0.2) is 17.8 Å². The number of morpholine rings is 1. The largest absolute Gasteiger partial charge is 0.505 e. The standard InChI is InChI=1S/C28H26FN5O5S/c1-32(40(37,38)20-8-9-23(31-15-20)33-11-13-39-14-12-33)26-21-3-2-10-30-25(21)27(35)24-22(26)17-34(28(24)36)16-18-4-6-19(29)7-5-18/h2-10,15,35H,11-14,16-17H2,1H3. The minimum absolute atomic E-state index is 0.00570. The normalized spacial score (nSPS) is 15.5. The summed E-state index contributed by atoms with van der Waals surface area (Å²) in [5.41, 5.74) is 1.44. The van der Waals surface area contributed by atoms with Crippen molar-refractivity contribution in [3.8, 4) is 5.75 Å². The average Bonchev–Trinajstić information content (AvgIpc) is 3.30. The predicted octanol–water partition coefficient (Wildman–Crippen LogP) is 3.29. The zero-order valence-electron chi connectivity index (χ0n) is 21.6. The molecule has 0 bridgehead atoms. The van der Waals surface area contributed by atoms with E-state index in [-0.39, 0.29) is 40.5 Å². The molecule has 0 spiro atoms. The lowest BCUT2D eigenvalue weighted by Crippen LogP contribution is -2.36. The summed E-state index contributed by atoms with van der Waals surface area (Å²) < 4.78 is 47.7. The number of benzene rings is 2. The second-order valence-corrected chi connectivity index (χ2v) is 11.6. The highest BCUT2D eigenvalue weighted by Gasteiger charge is 2.38. The number of carbonyl (C=O) groups is 1. The highest BCUT2D eigenvalue weighted by atomic mass is 32.2. The third kappa shape index (κ3) is 4.38. The van der Waals surface area contributed by atoms with Crippen molar-refractivity contribution in [2.45, 2.75) is 18.0 Å². The molecule has 1 amide bonds. The molecule has 4 heterocycles. The molecular formula is C28H26FN5O5S. The molecule has 4 aromatic rings. The molecule has 40 heavy (non-hydrogen) atoms. The number of phenolic OH excluding ortho intramolecular Hbond substituents is 1. The van der Waals surface area contributed by atoms with E-state index in [4.69, 9.17) is 4.74 Å². The highest BCUT2D eigenvalue weighted by Crippen LogP contribution is 2.45. The van der Waals surface area contributed by atoms with E-state index in [2.05, 4.69) is 9.97 Å². The molecule has 1 N–H and O–H groups in total. The van der Waals surface area contributed by atoms with Crippen LogP contribution in [0.5, 0.6) is 5.75 Å². The van der Waals surface area contributed by atoms with Gasteiger partial charge in [0.25, 0.3) is 15.9 Å². The third-order valence-corrected chi connectivity index (χ3v) is 9.02. The number of phenols is 1. The second kappa shape index (κ2) is 10.0. The van der Waals surface area contributed by atoms with E-state index in [1.54, 1.807) is 30.3 Å².